The molecule has 1 heteroatoms. The van der Waals surface area contributed by atoms with E-state index < -0.39 is 0 Å². The molecule has 0 aliphatic carbocycles. The van der Waals surface area contributed by atoms with Gasteiger partial charge in [-0.15, -0.1) is 6.58 Å². The summed E-state index contributed by atoms with van der Waals surface area (Å²) in [5, 5.41) is 0. The Balaban J connectivity index is 2.54. The molecule has 0 unspecified atom stereocenters. The molecule has 14 heavy (non-hydrogen) atoms. The Hall–Kier alpha value is -1.50. The molecule has 0 radical (unpaired) electrons. The van der Waals surface area contributed by atoms with Crippen LogP contribution in [-0.4, -0.2) is 7.11 Å². The number of allylic oxidation sites excluding steroid dienone is 2. The minimum atomic E-state index is 0.919. The van der Waals surface area contributed by atoms with Crippen molar-refractivity contribution in [3.05, 3.63) is 60.4 Å². The van der Waals surface area contributed by atoms with Crippen molar-refractivity contribution in [2.24, 2.45) is 0 Å². The summed E-state index contributed by atoms with van der Waals surface area (Å²) in [6, 6.07) is 8.55. The van der Waals surface area contributed by atoms with E-state index in [2.05, 4.69) is 30.8 Å². The average molecular weight is 188 g/mol. The maximum absolute atomic E-state index is 4.83. The van der Waals surface area contributed by atoms with Crippen LogP contribution in [0.1, 0.15) is 11.1 Å². The first-order valence-corrected chi connectivity index (χ1v) is 4.73. The van der Waals surface area contributed by atoms with Crippen molar-refractivity contribution in [1.29, 1.82) is 0 Å². The molecule has 0 N–H and O–H groups in total. The lowest BCUT2D eigenvalue weighted by Gasteiger charge is -1.99. The first-order valence-electron chi connectivity index (χ1n) is 4.73. The predicted octanol–water partition coefficient (Wildman–Crippen LogP) is 3.12. The van der Waals surface area contributed by atoms with E-state index in [0.29, 0.717) is 0 Å². The van der Waals surface area contributed by atoms with E-state index in [1.807, 2.05) is 12.2 Å². The van der Waals surface area contributed by atoms with Crippen molar-refractivity contribution in [1.82, 2.24) is 0 Å². The zero-order chi connectivity index (χ0) is 10.2. The van der Waals surface area contributed by atoms with Crippen LogP contribution in [0.25, 0.3) is 0 Å². The van der Waals surface area contributed by atoms with Crippen LogP contribution in [0.4, 0.5) is 0 Å². The van der Waals surface area contributed by atoms with Gasteiger partial charge in [0.05, 0.1) is 13.4 Å². The van der Waals surface area contributed by atoms with Gasteiger partial charge in [-0.3, -0.25) is 0 Å². The molecule has 0 fully saturated rings. The van der Waals surface area contributed by atoms with Crippen LogP contribution in [0, 0.1) is 0 Å². The van der Waals surface area contributed by atoms with Crippen LogP contribution in [0.3, 0.4) is 0 Å². The second kappa shape index (κ2) is 6.03. The third kappa shape index (κ3) is 3.48. The summed E-state index contributed by atoms with van der Waals surface area (Å²) >= 11 is 0. The summed E-state index contributed by atoms with van der Waals surface area (Å²) in [4.78, 5) is 0. The number of hydrogen-bond donors (Lipinski definition) is 0. The van der Waals surface area contributed by atoms with Gasteiger partial charge >= 0.3 is 0 Å². The number of hydrogen-bond acceptors (Lipinski definition) is 1. The van der Waals surface area contributed by atoms with Gasteiger partial charge in [-0.1, -0.05) is 30.3 Å². The summed E-state index contributed by atoms with van der Waals surface area (Å²) in [7, 11) is 1.66. The molecule has 1 rings (SSSR count). The van der Waals surface area contributed by atoms with E-state index in [4.69, 9.17) is 4.74 Å². The van der Waals surface area contributed by atoms with Crippen molar-refractivity contribution in [3.63, 3.8) is 0 Å². The number of benzene rings is 1. The molecule has 74 valence electrons. The summed E-state index contributed by atoms with van der Waals surface area (Å²) in [5.41, 5.74) is 2.60. The molecule has 0 bridgehead atoms. The van der Waals surface area contributed by atoms with Gasteiger partial charge in [0.1, 0.15) is 0 Å². The monoisotopic (exact) mass is 188 g/mol. The second-order valence-corrected chi connectivity index (χ2v) is 3.12. The minimum absolute atomic E-state index is 0.919. The molecule has 0 heterocycles. The maximum atomic E-state index is 4.83. The van der Waals surface area contributed by atoms with E-state index >= 15 is 0 Å². The highest BCUT2D eigenvalue weighted by Crippen LogP contribution is 2.06. The van der Waals surface area contributed by atoms with E-state index in [1.165, 1.54) is 11.1 Å². The fraction of sp³-hybridized carbons (Fsp3) is 0.231. The molecule has 1 nitrogen and oxygen atoms in total. The van der Waals surface area contributed by atoms with Crippen LogP contribution in [0.2, 0.25) is 0 Å². The third-order valence-corrected chi connectivity index (χ3v) is 1.99. The van der Waals surface area contributed by atoms with Gasteiger partial charge in [-0.2, -0.15) is 0 Å². The molecule has 0 atom stereocenters. The lowest BCUT2D eigenvalue weighted by molar-refractivity contribution is 0.337. The molecule has 0 aromatic heterocycles. The van der Waals surface area contributed by atoms with E-state index in [9.17, 15) is 0 Å². The standard InChI is InChI=1S/C13H16O/c1-3-5-12-7-9-13(10-8-12)6-4-11-14-2/h3-4,7-11H,1,5-6H2,2H3. The predicted molar refractivity (Wildman–Crippen MR) is 60.2 cm³/mol. The smallest absolute Gasteiger partial charge is 0.0788 e. The number of rotatable bonds is 5. The van der Waals surface area contributed by atoms with E-state index in [0.717, 1.165) is 12.8 Å². The molecule has 0 aliphatic rings. The molecule has 1 aromatic carbocycles. The van der Waals surface area contributed by atoms with Crippen molar-refractivity contribution in [3.8, 4) is 0 Å². The number of methoxy groups -OCH3 is 1. The van der Waals surface area contributed by atoms with E-state index in [-0.39, 0.29) is 0 Å². The molecular weight excluding hydrogens is 172 g/mol. The van der Waals surface area contributed by atoms with Gasteiger partial charge in [0, 0.05) is 0 Å². The lowest BCUT2D eigenvalue weighted by Crippen LogP contribution is -1.84. The van der Waals surface area contributed by atoms with Crippen LogP contribution in [0.5, 0.6) is 0 Å². The Labute approximate surface area is 85.7 Å². The summed E-state index contributed by atoms with van der Waals surface area (Å²) in [5.74, 6) is 0. The fourth-order valence-corrected chi connectivity index (χ4v) is 1.26. The Kier molecular flexibility index (Phi) is 4.56. The summed E-state index contributed by atoms with van der Waals surface area (Å²) in [6.45, 7) is 3.71. The Bertz CT molecular complexity index is 296. The molecule has 1 aromatic rings. The van der Waals surface area contributed by atoms with E-state index in [1.54, 1.807) is 13.4 Å². The quantitative estimate of drug-likeness (QED) is 0.509. The third-order valence-electron chi connectivity index (χ3n) is 1.99. The van der Waals surface area contributed by atoms with Crippen molar-refractivity contribution in [2.75, 3.05) is 7.11 Å². The van der Waals surface area contributed by atoms with Crippen molar-refractivity contribution < 1.29 is 4.74 Å². The Morgan fingerprint density at radius 1 is 1.14 bits per heavy atom. The number of ether oxygens (including phenoxy) is 1. The van der Waals surface area contributed by atoms with Crippen LogP contribution < -0.4 is 0 Å². The largest absolute Gasteiger partial charge is 0.505 e. The fourth-order valence-electron chi connectivity index (χ4n) is 1.26. The van der Waals surface area contributed by atoms with Crippen LogP contribution >= 0.6 is 0 Å². The minimum Gasteiger partial charge on any atom is -0.505 e. The average Bonchev–Trinajstić information content (AvgIpc) is 2.21. The highest BCUT2D eigenvalue weighted by molar-refractivity contribution is 5.25. The molecule has 0 saturated carbocycles. The van der Waals surface area contributed by atoms with Gasteiger partial charge in [0.25, 0.3) is 0 Å². The normalized spacial score (nSPS) is 10.4. The zero-order valence-electron chi connectivity index (χ0n) is 8.57. The van der Waals surface area contributed by atoms with Gasteiger partial charge in [-0.25, -0.2) is 0 Å². The highest BCUT2D eigenvalue weighted by Gasteiger charge is 1.91. The molecule has 0 aliphatic heterocycles. The topological polar surface area (TPSA) is 9.23 Å². The lowest BCUT2D eigenvalue weighted by atomic mass is 10.1. The van der Waals surface area contributed by atoms with Crippen LogP contribution in [0.15, 0.2) is 49.3 Å². The highest BCUT2D eigenvalue weighted by atomic mass is 16.5. The Morgan fingerprint density at radius 3 is 2.21 bits per heavy atom. The Morgan fingerprint density at radius 2 is 1.71 bits per heavy atom. The first kappa shape index (κ1) is 10.6. The molecular formula is C13H16O. The maximum Gasteiger partial charge on any atom is 0.0788 e. The first-order chi connectivity index (χ1) is 6.86. The van der Waals surface area contributed by atoms with Crippen molar-refractivity contribution >= 4 is 0 Å². The van der Waals surface area contributed by atoms with Gasteiger partial charge < -0.3 is 4.74 Å². The van der Waals surface area contributed by atoms with Crippen LogP contribution in [-0.2, 0) is 17.6 Å². The summed E-state index contributed by atoms with van der Waals surface area (Å²) in [6.07, 6.45) is 7.48. The molecule has 0 saturated heterocycles. The van der Waals surface area contributed by atoms with Gasteiger partial charge in [-0.05, 0) is 30.0 Å². The van der Waals surface area contributed by atoms with Gasteiger partial charge in [0.2, 0.25) is 0 Å². The zero-order valence-corrected chi connectivity index (χ0v) is 8.57. The summed E-state index contributed by atoms with van der Waals surface area (Å²) < 4.78 is 4.83. The second-order valence-electron chi connectivity index (χ2n) is 3.12. The SMILES string of the molecule is C=CCc1ccc(CC=COC)cc1. The molecule has 0 spiro atoms. The molecule has 0 amide bonds. The van der Waals surface area contributed by atoms with Crippen molar-refractivity contribution in [2.45, 2.75) is 12.8 Å². The van der Waals surface area contributed by atoms with Gasteiger partial charge in [0.15, 0.2) is 0 Å².